The first-order valence-electron chi connectivity index (χ1n) is 9.43. The van der Waals surface area contributed by atoms with E-state index in [1.165, 1.54) is 6.42 Å². The first-order chi connectivity index (χ1) is 11.9. The minimum absolute atomic E-state index is 0.0417. The first kappa shape index (κ1) is 18.2. The molecule has 2 fully saturated rings. The highest BCUT2D eigenvalue weighted by Crippen LogP contribution is 2.38. The van der Waals surface area contributed by atoms with Crippen LogP contribution in [0.15, 0.2) is 18.3 Å². The van der Waals surface area contributed by atoms with E-state index in [4.69, 9.17) is 9.47 Å². The summed E-state index contributed by atoms with van der Waals surface area (Å²) >= 11 is 0. The first-order valence-corrected chi connectivity index (χ1v) is 9.43. The number of hydrogen-bond donors (Lipinski definition) is 1. The van der Waals surface area contributed by atoms with Crippen molar-refractivity contribution in [3.05, 3.63) is 23.9 Å². The Hall–Kier alpha value is -1.62. The molecule has 5 heteroatoms. The molecule has 2 unspecified atom stereocenters. The molecule has 138 valence electrons. The molecule has 0 bridgehead atoms. The van der Waals surface area contributed by atoms with Crippen LogP contribution in [0.25, 0.3) is 0 Å². The summed E-state index contributed by atoms with van der Waals surface area (Å²) in [4.78, 5) is 16.8. The van der Waals surface area contributed by atoms with Crippen LogP contribution in [0.5, 0.6) is 5.88 Å². The molecule has 25 heavy (non-hydrogen) atoms. The zero-order valence-electron chi connectivity index (χ0n) is 15.6. The van der Waals surface area contributed by atoms with E-state index >= 15 is 0 Å². The molecule has 2 aliphatic rings. The number of hydrogen-bond acceptors (Lipinski definition) is 4. The summed E-state index contributed by atoms with van der Waals surface area (Å²) in [6.45, 7) is 8.31. The fraction of sp³-hybridized carbons (Fsp3) is 0.700. The number of nitrogens with one attached hydrogen (secondary N) is 1. The maximum Gasteiger partial charge on any atom is 0.253 e. The lowest BCUT2D eigenvalue weighted by Gasteiger charge is -2.39. The summed E-state index contributed by atoms with van der Waals surface area (Å²) < 4.78 is 11.2. The van der Waals surface area contributed by atoms with Gasteiger partial charge < -0.3 is 14.8 Å². The van der Waals surface area contributed by atoms with Crippen LogP contribution in [0.3, 0.4) is 0 Å². The fourth-order valence-electron chi connectivity index (χ4n) is 4.27. The molecule has 0 spiro atoms. The Kier molecular flexibility index (Phi) is 5.62. The number of pyridine rings is 1. The van der Waals surface area contributed by atoms with E-state index in [1.807, 2.05) is 0 Å². The van der Waals surface area contributed by atoms with Gasteiger partial charge >= 0.3 is 0 Å². The number of ether oxygens (including phenoxy) is 2. The van der Waals surface area contributed by atoms with Gasteiger partial charge in [-0.1, -0.05) is 20.8 Å². The quantitative estimate of drug-likeness (QED) is 0.905. The highest BCUT2D eigenvalue weighted by atomic mass is 16.5. The summed E-state index contributed by atoms with van der Waals surface area (Å²) in [5.74, 6) is 1.18. The van der Waals surface area contributed by atoms with Gasteiger partial charge in [-0.2, -0.15) is 0 Å². The molecule has 0 radical (unpaired) electrons. The van der Waals surface area contributed by atoms with Crippen LogP contribution in [0.2, 0.25) is 0 Å². The Bertz CT molecular complexity index is 579. The van der Waals surface area contributed by atoms with Gasteiger partial charge in [0.25, 0.3) is 5.91 Å². The van der Waals surface area contributed by atoms with Gasteiger partial charge in [-0.05, 0) is 36.7 Å². The van der Waals surface area contributed by atoms with E-state index < -0.39 is 0 Å². The number of carbonyl (C=O) groups is 1. The van der Waals surface area contributed by atoms with E-state index in [2.05, 4.69) is 31.1 Å². The number of rotatable bonds is 4. The summed E-state index contributed by atoms with van der Waals surface area (Å²) in [7, 11) is 0. The Morgan fingerprint density at radius 2 is 2.04 bits per heavy atom. The van der Waals surface area contributed by atoms with Crippen molar-refractivity contribution in [2.24, 2.45) is 11.3 Å². The fourth-order valence-corrected chi connectivity index (χ4v) is 4.27. The zero-order valence-corrected chi connectivity index (χ0v) is 15.6. The largest absolute Gasteiger partial charge is 0.474 e. The third-order valence-electron chi connectivity index (χ3n) is 5.18. The molecule has 1 saturated heterocycles. The monoisotopic (exact) mass is 346 g/mol. The second-order valence-electron chi connectivity index (χ2n) is 8.40. The molecular weight excluding hydrogens is 316 g/mol. The normalized spacial score (nSPS) is 26.8. The minimum atomic E-state index is -0.0417. The predicted octanol–water partition coefficient (Wildman–Crippen LogP) is 3.58. The van der Waals surface area contributed by atoms with Gasteiger partial charge in [0.05, 0.1) is 18.8 Å². The Balaban J connectivity index is 1.55. The molecule has 1 aromatic heterocycles. The smallest absolute Gasteiger partial charge is 0.253 e. The topological polar surface area (TPSA) is 60.5 Å². The second-order valence-corrected chi connectivity index (χ2v) is 8.40. The van der Waals surface area contributed by atoms with Crippen molar-refractivity contribution in [3.63, 3.8) is 0 Å². The van der Waals surface area contributed by atoms with Crippen LogP contribution in [0.1, 0.15) is 63.2 Å². The van der Waals surface area contributed by atoms with Crippen molar-refractivity contribution in [2.75, 3.05) is 13.2 Å². The molecule has 1 saturated carbocycles. The van der Waals surface area contributed by atoms with E-state index in [-0.39, 0.29) is 23.5 Å². The number of aromatic nitrogens is 1. The molecule has 2 heterocycles. The predicted molar refractivity (Wildman–Crippen MR) is 96.8 cm³/mol. The van der Waals surface area contributed by atoms with Crippen LogP contribution in [0.4, 0.5) is 0 Å². The van der Waals surface area contributed by atoms with E-state index in [0.29, 0.717) is 17.4 Å². The van der Waals surface area contributed by atoms with Gasteiger partial charge in [0.15, 0.2) is 0 Å². The van der Waals surface area contributed by atoms with Crippen LogP contribution in [0, 0.1) is 11.3 Å². The molecule has 0 aromatic carbocycles. The molecule has 1 aliphatic carbocycles. The van der Waals surface area contributed by atoms with Gasteiger partial charge in [-0.25, -0.2) is 4.98 Å². The Labute approximate surface area is 150 Å². The molecule has 1 amide bonds. The van der Waals surface area contributed by atoms with Crippen LogP contribution >= 0.6 is 0 Å². The lowest BCUT2D eigenvalue weighted by molar-refractivity contribution is 0.0237. The Morgan fingerprint density at radius 3 is 2.68 bits per heavy atom. The average Bonchev–Trinajstić information content (AvgIpc) is 2.54. The van der Waals surface area contributed by atoms with E-state index in [1.54, 1.807) is 18.3 Å². The van der Waals surface area contributed by atoms with Crippen LogP contribution in [-0.4, -0.2) is 36.3 Å². The third kappa shape index (κ3) is 5.18. The van der Waals surface area contributed by atoms with Gasteiger partial charge in [0.2, 0.25) is 5.88 Å². The summed E-state index contributed by atoms with van der Waals surface area (Å²) in [5, 5.41) is 3.19. The number of amides is 1. The molecular formula is C20H30N2O3. The van der Waals surface area contributed by atoms with Crippen LogP contribution in [-0.2, 0) is 4.74 Å². The highest BCUT2D eigenvalue weighted by Gasteiger charge is 2.32. The maximum absolute atomic E-state index is 12.5. The van der Waals surface area contributed by atoms with E-state index in [9.17, 15) is 4.79 Å². The van der Waals surface area contributed by atoms with Gasteiger partial charge in [0.1, 0.15) is 6.10 Å². The molecule has 3 rings (SSSR count). The molecule has 1 aromatic rings. The summed E-state index contributed by atoms with van der Waals surface area (Å²) in [6, 6.07) is 3.83. The van der Waals surface area contributed by atoms with Gasteiger partial charge in [-0.3, -0.25) is 4.79 Å². The molecule has 1 N–H and O–H groups in total. The van der Waals surface area contributed by atoms with Gasteiger partial charge in [0, 0.05) is 31.1 Å². The maximum atomic E-state index is 12.5. The lowest BCUT2D eigenvalue weighted by atomic mass is 9.70. The van der Waals surface area contributed by atoms with Crippen molar-refractivity contribution in [2.45, 2.75) is 65.0 Å². The lowest BCUT2D eigenvalue weighted by Crippen LogP contribution is -2.43. The Morgan fingerprint density at radius 1 is 1.28 bits per heavy atom. The van der Waals surface area contributed by atoms with Crippen molar-refractivity contribution >= 4 is 5.91 Å². The average molecular weight is 346 g/mol. The standard InChI is InChI=1S/C20H30N2O3/c1-14-10-16(12-20(2,3)11-14)22-19(23)15-4-5-18(21-13-15)25-17-6-8-24-9-7-17/h4-5,13-14,16-17H,6-12H2,1-3H3,(H,22,23). The molecule has 2 atom stereocenters. The van der Waals surface area contributed by atoms with Gasteiger partial charge in [-0.15, -0.1) is 0 Å². The zero-order chi connectivity index (χ0) is 17.9. The molecule has 5 nitrogen and oxygen atoms in total. The summed E-state index contributed by atoms with van der Waals surface area (Å²) in [5.41, 5.74) is 0.880. The number of nitrogens with zero attached hydrogens (tertiary/aromatic N) is 1. The SMILES string of the molecule is CC1CC(NC(=O)c2ccc(OC3CCOCC3)nc2)CC(C)(C)C1. The van der Waals surface area contributed by atoms with Crippen molar-refractivity contribution < 1.29 is 14.3 Å². The van der Waals surface area contributed by atoms with Crippen molar-refractivity contribution in [3.8, 4) is 5.88 Å². The number of carbonyl (C=O) groups excluding carboxylic acids is 1. The highest BCUT2D eigenvalue weighted by molar-refractivity contribution is 5.94. The van der Waals surface area contributed by atoms with Crippen molar-refractivity contribution in [1.29, 1.82) is 0 Å². The summed E-state index contributed by atoms with van der Waals surface area (Å²) in [6.07, 6.45) is 6.85. The van der Waals surface area contributed by atoms with Crippen molar-refractivity contribution in [1.82, 2.24) is 10.3 Å². The van der Waals surface area contributed by atoms with E-state index in [0.717, 1.165) is 38.9 Å². The molecule has 1 aliphatic heterocycles. The third-order valence-corrected chi connectivity index (χ3v) is 5.18. The second kappa shape index (κ2) is 7.73. The van der Waals surface area contributed by atoms with Crippen LogP contribution < -0.4 is 10.1 Å². The minimum Gasteiger partial charge on any atom is -0.474 e.